The van der Waals surface area contributed by atoms with Gasteiger partial charge < -0.3 is 4.74 Å². The van der Waals surface area contributed by atoms with Crippen LogP contribution in [0.15, 0.2) is 64.2 Å². The summed E-state index contributed by atoms with van der Waals surface area (Å²) in [5, 5.41) is 0. The number of aromatic nitrogens is 4. The molecule has 0 aliphatic carbocycles. The lowest BCUT2D eigenvalue weighted by Gasteiger charge is -2.08. The molecular weight excluding hydrogens is 363 g/mol. The first kappa shape index (κ1) is 17.7. The molecule has 0 unspecified atom stereocenters. The first-order chi connectivity index (χ1) is 13.5. The second kappa shape index (κ2) is 6.80. The third-order valence-corrected chi connectivity index (χ3v) is 4.53. The van der Waals surface area contributed by atoms with E-state index in [1.54, 1.807) is 14.1 Å². The van der Waals surface area contributed by atoms with Gasteiger partial charge in [0.15, 0.2) is 11.2 Å². The summed E-state index contributed by atoms with van der Waals surface area (Å²) in [5.41, 5.74) is 0.388. The van der Waals surface area contributed by atoms with Gasteiger partial charge in [-0.3, -0.25) is 18.5 Å². The Labute approximate surface area is 158 Å². The summed E-state index contributed by atoms with van der Waals surface area (Å²) in [6.45, 7) is 0.154. The predicted octanol–water partition coefficient (Wildman–Crippen LogP) is 2.41. The number of fused-ring (bicyclic) bond motifs is 1. The lowest BCUT2D eigenvalue weighted by atomic mass is 10.2. The highest BCUT2D eigenvalue weighted by molar-refractivity contribution is 5.71. The molecule has 7 nitrogen and oxygen atoms in total. The van der Waals surface area contributed by atoms with E-state index in [-0.39, 0.29) is 29.5 Å². The number of nitrogens with zero attached hydrogens (tertiary/aromatic N) is 4. The lowest BCUT2D eigenvalue weighted by Crippen LogP contribution is -2.39. The fourth-order valence-electron chi connectivity index (χ4n) is 3.03. The molecule has 2 heterocycles. The van der Waals surface area contributed by atoms with Crippen LogP contribution in [0.1, 0.15) is 5.56 Å². The largest absolute Gasteiger partial charge is 0.425 e. The average Bonchev–Trinajstić information content (AvgIpc) is 3.02. The highest BCUT2D eigenvalue weighted by Crippen LogP contribution is 2.22. The van der Waals surface area contributed by atoms with Crippen molar-refractivity contribution < 1.29 is 9.13 Å². The van der Waals surface area contributed by atoms with Crippen molar-refractivity contribution in [3.63, 3.8) is 0 Å². The first-order valence-electron chi connectivity index (χ1n) is 8.59. The second-order valence-corrected chi connectivity index (χ2v) is 6.40. The summed E-state index contributed by atoms with van der Waals surface area (Å²) in [5.74, 6) is -0.0158. The molecular formula is C20H17FN4O3. The molecule has 2 aromatic heterocycles. The molecule has 142 valence electrons. The van der Waals surface area contributed by atoms with Crippen LogP contribution in [-0.2, 0) is 20.6 Å². The Morgan fingerprint density at radius 2 is 1.64 bits per heavy atom. The van der Waals surface area contributed by atoms with E-state index in [0.29, 0.717) is 5.75 Å². The van der Waals surface area contributed by atoms with Crippen molar-refractivity contribution in [3.05, 3.63) is 86.8 Å². The van der Waals surface area contributed by atoms with Crippen LogP contribution in [0.5, 0.6) is 11.8 Å². The summed E-state index contributed by atoms with van der Waals surface area (Å²) < 4.78 is 22.7. The lowest BCUT2D eigenvalue weighted by molar-refractivity contribution is 0.426. The molecule has 0 radical (unpaired) electrons. The van der Waals surface area contributed by atoms with E-state index in [2.05, 4.69) is 4.98 Å². The normalized spacial score (nSPS) is 11.1. The Hall–Kier alpha value is -3.68. The smallest absolute Gasteiger partial charge is 0.332 e. The number of rotatable bonds is 4. The Morgan fingerprint density at radius 3 is 2.32 bits per heavy atom. The average molecular weight is 380 g/mol. The van der Waals surface area contributed by atoms with Crippen molar-refractivity contribution in [1.82, 2.24) is 18.7 Å². The molecule has 0 saturated heterocycles. The standard InChI is InChI=1S/C20H17FN4O3/c1-23-16-17(22-19(23)28-15-10-8-14(21)9-11-15)24(2)20(27)25(18(16)26)12-13-6-4-3-5-7-13/h3-11H,12H2,1-2H3. The van der Waals surface area contributed by atoms with Gasteiger partial charge in [0.05, 0.1) is 6.54 Å². The Kier molecular flexibility index (Phi) is 4.31. The maximum absolute atomic E-state index is 13.1. The fourth-order valence-corrected chi connectivity index (χ4v) is 3.03. The number of aryl methyl sites for hydroxylation is 2. The van der Waals surface area contributed by atoms with Crippen LogP contribution < -0.4 is 16.0 Å². The highest BCUT2D eigenvalue weighted by Gasteiger charge is 2.19. The molecule has 0 bridgehead atoms. The van der Waals surface area contributed by atoms with Crippen LogP contribution in [0.2, 0.25) is 0 Å². The number of imidazole rings is 1. The SMILES string of the molecule is Cn1c(Oc2ccc(F)cc2)nc2c1c(=O)n(Cc1ccccc1)c(=O)n2C. The number of benzene rings is 2. The van der Waals surface area contributed by atoms with Gasteiger partial charge in [0.1, 0.15) is 11.6 Å². The molecule has 0 N–H and O–H groups in total. The molecule has 0 saturated carbocycles. The first-order valence-corrected chi connectivity index (χ1v) is 8.59. The highest BCUT2D eigenvalue weighted by atomic mass is 19.1. The molecule has 28 heavy (non-hydrogen) atoms. The molecule has 0 aliphatic heterocycles. The van der Waals surface area contributed by atoms with Gasteiger partial charge >= 0.3 is 11.7 Å². The maximum atomic E-state index is 13.1. The van der Waals surface area contributed by atoms with E-state index in [1.165, 1.54) is 38.0 Å². The third kappa shape index (κ3) is 2.98. The van der Waals surface area contributed by atoms with Crippen LogP contribution in [0.4, 0.5) is 4.39 Å². The topological polar surface area (TPSA) is 71.1 Å². The van der Waals surface area contributed by atoms with Crippen LogP contribution in [0.25, 0.3) is 11.2 Å². The van der Waals surface area contributed by atoms with Crippen molar-refractivity contribution >= 4 is 11.2 Å². The van der Waals surface area contributed by atoms with Gasteiger partial charge in [-0.15, -0.1) is 0 Å². The monoisotopic (exact) mass is 380 g/mol. The molecule has 0 fully saturated rings. The van der Waals surface area contributed by atoms with Gasteiger partial charge in [-0.05, 0) is 29.8 Å². The van der Waals surface area contributed by atoms with Crippen molar-refractivity contribution in [2.45, 2.75) is 6.54 Å². The molecule has 0 atom stereocenters. The minimum Gasteiger partial charge on any atom is -0.425 e. The van der Waals surface area contributed by atoms with Gasteiger partial charge in [0.2, 0.25) is 0 Å². The second-order valence-electron chi connectivity index (χ2n) is 6.40. The Morgan fingerprint density at radius 1 is 0.964 bits per heavy atom. The van der Waals surface area contributed by atoms with Gasteiger partial charge in [-0.2, -0.15) is 4.98 Å². The molecule has 4 rings (SSSR count). The van der Waals surface area contributed by atoms with E-state index in [9.17, 15) is 14.0 Å². The van der Waals surface area contributed by atoms with Gasteiger partial charge in [-0.1, -0.05) is 30.3 Å². The Balaban J connectivity index is 1.84. The van der Waals surface area contributed by atoms with Crippen molar-refractivity contribution in [3.8, 4) is 11.8 Å². The maximum Gasteiger partial charge on any atom is 0.332 e. The Bertz CT molecular complexity index is 1270. The molecule has 4 aromatic rings. The van der Waals surface area contributed by atoms with Crippen molar-refractivity contribution in [2.75, 3.05) is 0 Å². The number of ether oxygens (including phenoxy) is 1. The summed E-state index contributed by atoms with van der Waals surface area (Å²) in [6.07, 6.45) is 0. The third-order valence-electron chi connectivity index (χ3n) is 4.53. The van der Waals surface area contributed by atoms with Crippen molar-refractivity contribution in [2.24, 2.45) is 14.1 Å². The van der Waals surface area contributed by atoms with Gasteiger partial charge in [-0.25, -0.2) is 9.18 Å². The quantitative estimate of drug-likeness (QED) is 0.545. The zero-order valence-corrected chi connectivity index (χ0v) is 15.3. The van der Waals surface area contributed by atoms with E-state index in [1.807, 2.05) is 30.3 Å². The number of halogens is 1. The van der Waals surface area contributed by atoms with Gasteiger partial charge in [0, 0.05) is 14.1 Å². The fraction of sp³-hybridized carbons (Fsp3) is 0.150. The summed E-state index contributed by atoms with van der Waals surface area (Å²) in [6, 6.07) is 14.8. The summed E-state index contributed by atoms with van der Waals surface area (Å²) in [4.78, 5) is 30.0. The number of hydrogen-bond acceptors (Lipinski definition) is 4. The van der Waals surface area contributed by atoms with Crippen molar-refractivity contribution in [1.29, 1.82) is 0 Å². The molecule has 8 heteroatoms. The minimum atomic E-state index is -0.465. The predicted molar refractivity (Wildman–Crippen MR) is 102 cm³/mol. The van der Waals surface area contributed by atoms with E-state index in [4.69, 9.17) is 4.74 Å². The van der Waals surface area contributed by atoms with E-state index >= 15 is 0 Å². The van der Waals surface area contributed by atoms with E-state index in [0.717, 1.165) is 5.56 Å². The minimum absolute atomic E-state index is 0.131. The van der Waals surface area contributed by atoms with Gasteiger partial charge in [0.25, 0.3) is 5.56 Å². The summed E-state index contributed by atoms with van der Waals surface area (Å²) in [7, 11) is 3.19. The zero-order chi connectivity index (χ0) is 19.8. The van der Waals surface area contributed by atoms with Crippen LogP contribution in [-0.4, -0.2) is 18.7 Å². The summed E-state index contributed by atoms with van der Waals surface area (Å²) >= 11 is 0. The molecule has 0 aliphatic rings. The molecule has 2 aromatic carbocycles. The van der Waals surface area contributed by atoms with Crippen LogP contribution in [0, 0.1) is 5.82 Å². The molecule has 0 spiro atoms. The number of hydrogen-bond donors (Lipinski definition) is 0. The molecule has 0 amide bonds. The zero-order valence-electron chi connectivity index (χ0n) is 15.3. The van der Waals surface area contributed by atoms with E-state index < -0.39 is 11.2 Å². The van der Waals surface area contributed by atoms with Crippen LogP contribution >= 0.6 is 0 Å². The van der Waals surface area contributed by atoms with Crippen LogP contribution in [0.3, 0.4) is 0 Å².